The molecule has 0 bridgehead atoms. The maximum Gasteiger partial charge on any atom is 0.328 e. The first-order valence-electron chi connectivity index (χ1n) is 9.61. The summed E-state index contributed by atoms with van der Waals surface area (Å²) < 4.78 is 23.6. The minimum Gasteiger partial charge on any atom is -0.465 e. The van der Waals surface area contributed by atoms with Crippen molar-refractivity contribution in [1.82, 2.24) is 0 Å². The Kier molecular flexibility index (Phi) is 8.12. The summed E-state index contributed by atoms with van der Waals surface area (Å²) in [5.74, 6) is -4.89. The van der Waals surface area contributed by atoms with E-state index < -0.39 is 34.9 Å². The van der Waals surface area contributed by atoms with Gasteiger partial charge in [-0.05, 0) is 50.5 Å². The third-order valence-electron chi connectivity index (χ3n) is 4.80. The highest BCUT2D eigenvalue weighted by atomic mass is 35.5. The van der Waals surface area contributed by atoms with Crippen LogP contribution in [0, 0.1) is 11.7 Å². The van der Waals surface area contributed by atoms with Crippen LogP contribution in [0.2, 0.25) is 5.02 Å². The fourth-order valence-corrected chi connectivity index (χ4v) is 3.48. The van der Waals surface area contributed by atoms with Crippen molar-refractivity contribution in [1.29, 1.82) is 0 Å². The maximum absolute atomic E-state index is 13.6. The Balaban J connectivity index is 2.55. The first-order valence-corrected chi connectivity index (χ1v) is 9.99. The van der Waals surface area contributed by atoms with Crippen LogP contribution in [0.3, 0.4) is 0 Å². The zero-order valence-corrected chi connectivity index (χ0v) is 17.9. The van der Waals surface area contributed by atoms with Gasteiger partial charge in [0, 0.05) is 0 Å². The predicted octanol–water partition coefficient (Wildman–Crippen LogP) is 4.29. The molecule has 0 saturated carbocycles. The number of rotatable bonds is 9. The minimum atomic E-state index is -1.73. The molecule has 0 N–H and O–H groups in total. The molecular weight excluding hydrogens is 411 g/mol. The maximum atomic E-state index is 13.6. The molecule has 0 aromatic heterocycles. The molecule has 0 fully saturated rings. The lowest BCUT2D eigenvalue weighted by atomic mass is 9.70. The Labute approximate surface area is 180 Å². The summed E-state index contributed by atoms with van der Waals surface area (Å²) in [5, 5.41) is -0.0808. The molecule has 2 aromatic carbocycles. The van der Waals surface area contributed by atoms with Crippen LogP contribution in [0.4, 0.5) is 4.39 Å². The monoisotopic (exact) mass is 434 g/mol. The average molecular weight is 435 g/mol. The molecule has 30 heavy (non-hydrogen) atoms. The standard InChI is InChI=1S/C23H24ClFO5/c1-4-29-21(27)19(22(28)30-5-2)20(26)23(3,16-9-7-6-8-10-16)14-15-11-12-18(25)17(24)13-15/h6-13,19H,4-5,14H2,1-3H3. The molecule has 2 aromatic rings. The van der Waals surface area contributed by atoms with Crippen LogP contribution in [-0.4, -0.2) is 30.9 Å². The number of ether oxygens (including phenoxy) is 2. The summed E-state index contributed by atoms with van der Waals surface area (Å²) in [6, 6.07) is 12.9. The molecule has 1 unspecified atom stereocenters. The molecular formula is C23H24ClFO5. The van der Waals surface area contributed by atoms with E-state index in [9.17, 15) is 18.8 Å². The fraction of sp³-hybridized carbons (Fsp3) is 0.348. The van der Waals surface area contributed by atoms with Gasteiger partial charge >= 0.3 is 11.9 Å². The molecule has 160 valence electrons. The van der Waals surface area contributed by atoms with E-state index in [2.05, 4.69) is 0 Å². The van der Waals surface area contributed by atoms with Crippen LogP contribution in [0.15, 0.2) is 48.5 Å². The molecule has 0 heterocycles. The van der Waals surface area contributed by atoms with Crippen molar-refractivity contribution >= 4 is 29.3 Å². The second-order valence-corrected chi connectivity index (χ2v) is 7.33. The lowest BCUT2D eigenvalue weighted by Crippen LogP contribution is -2.46. The van der Waals surface area contributed by atoms with E-state index in [-0.39, 0.29) is 24.7 Å². The van der Waals surface area contributed by atoms with Gasteiger partial charge in [0.05, 0.1) is 23.7 Å². The molecule has 5 nitrogen and oxygen atoms in total. The summed E-state index contributed by atoms with van der Waals surface area (Å²) >= 11 is 5.91. The first kappa shape index (κ1) is 23.5. The fourth-order valence-electron chi connectivity index (χ4n) is 3.28. The van der Waals surface area contributed by atoms with Crippen molar-refractivity contribution in [3.05, 3.63) is 70.5 Å². The van der Waals surface area contributed by atoms with Gasteiger partial charge in [0.2, 0.25) is 5.92 Å². The lowest BCUT2D eigenvalue weighted by Gasteiger charge is -2.31. The number of ketones is 1. The van der Waals surface area contributed by atoms with Gasteiger partial charge in [0.25, 0.3) is 0 Å². The van der Waals surface area contributed by atoms with Gasteiger partial charge in [-0.1, -0.05) is 48.0 Å². The van der Waals surface area contributed by atoms with E-state index in [0.29, 0.717) is 11.1 Å². The molecule has 0 amide bonds. The topological polar surface area (TPSA) is 69.7 Å². The number of Topliss-reactive ketones (excluding diaryl/α,β-unsaturated/α-hetero) is 1. The van der Waals surface area contributed by atoms with Crippen molar-refractivity contribution in [2.45, 2.75) is 32.6 Å². The Morgan fingerprint density at radius 1 is 1.00 bits per heavy atom. The van der Waals surface area contributed by atoms with Gasteiger partial charge in [-0.15, -0.1) is 0 Å². The van der Waals surface area contributed by atoms with Crippen LogP contribution >= 0.6 is 11.6 Å². The molecule has 0 saturated heterocycles. The van der Waals surface area contributed by atoms with Crippen LogP contribution in [-0.2, 0) is 35.7 Å². The zero-order chi connectivity index (χ0) is 22.3. The summed E-state index contributed by atoms with van der Waals surface area (Å²) in [6.07, 6.45) is 0.0884. The average Bonchev–Trinajstić information content (AvgIpc) is 2.72. The Morgan fingerprint density at radius 3 is 2.07 bits per heavy atom. The summed E-state index contributed by atoms with van der Waals surface area (Å²) in [5.41, 5.74) is -0.131. The van der Waals surface area contributed by atoms with Crippen LogP contribution < -0.4 is 0 Å². The molecule has 0 aliphatic rings. The molecule has 0 radical (unpaired) electrons. The lowest BCUT2D eigenvalue weighted by molar-refractivity contribution is -0.165. The molecule has 7 heteroatoms. The van der Waals surface area contributed by atoms with Crippen LogP contribution in [0.25, 0.3) is 0 Å². The first-order chi connectivity index (χ1) is 14.2. The van der Waals surface area contributed by atoms with Gasteiger partial charge in [0.15, 0.2) is 5.78 Å². The second kappa shape index (κ2) is 10.3. The number of carbonyl (C=O) groups is 3. The predicted molar refractivity (Wildman–Crippen MR) is 111 cm³/mol. The molecule has 1 atom stereocenters. The van der Waals surface area contributed by atoms with Gasteiger partial charge in [-0.3, -0.25) is 14.4 Å². The summed E-state index contributed by atoms with van der Waals surface area (Å²) in [4.78, 5) is 38.7. The zero-order valence-electron chi connectivity index (χ0n) is 17.1. The van der Waals surface area contributed by atoms with E-state index in [0.717, 1.165) is 0 Å². The third-order valence-corrected chi connectivity index (χ3v) is 5.09. The van der Waals surface area contributed by atoms with Gasteiger partial charge in [-0.25, -0.2) is 4.39 Å². The van der Waals surface area contributed by atoms with Gasteiger partial charge in [-0.2, -0.15) is 0 Å². The van der Waals surface area contributed by atoms with E-state index in [1.165, 1.54) is 18.2 Å². The van der Waals surface area contributed by atoms with E-state index >= 15 is 0 Å². The van der Waals surface area contributed by atoms with Crippen LogP contribution in [0.5, 0.6) is 0 Å². The smallest absolute Gasteiger partial charge is 0.328 e. The number of benzene rings is 2. The SMILES string of the molecule is CCOC(=O)C(C(=O)OCC)C(=O)C(C)(Cc1ccc(F)c(Cl)c1)c1ccccc1. The highest BCUT2D eigenvalue weighted by Gasteiger charge is 2.47. The molecule has 0 aliphatic heterocycles. The van der Waals surface area contributed by atoms with E-state index in [1.54, 1.807) is 51.1 Å². The number of esters is 2. The van der Waals surface area contributed by atoms with Crippen molar-refractivity contribution in [3.63, 3.8) is 0 Å². The Morgan fingerprint density at radius 2 is 1.57 bits per heavy atom. The van der Waals surface area contributed by atoms with Gasteiger partial charge in [0.1, 0.15) is 5.82 Å². The second-order valence-electron chi connectivity index (χ2n) is 6.92. The highest BCUT2D eigenvalue weighted by molar-refractivity contribution is 6.30. The van der Waals surface area contributed by atoms with Crippen molar-refractivity contribution in [3.8, 4) is 0 Å². The number of halogens is 2. The number of hydrogen-bond acceptors (Lipinski definition) is 5. The largest absolute Gasteiger partial charge is 0.465 e. The highest BCUT2D eigenvalue weighted by Crippen LogP contribution is 2.34. The van der Waals surface area contributed by atoms with Crippen molar-refractivity contribution < 1.29 is 28.2 Å². The molecule has 0 spiro atoms. The van der Waals surface area contributed by atoms with Crippen molar-refractivity contribution in [2.75, 3.05) is 13.2 Å². The normalized spacial score (nSPS) is 12.9. The number of hydrogen-bond donors (Lipinski definition) is 0. The van der Waals surface area contributed by atoms with Crippen molar-refractivity contribution in [2.24, 2.45) is 5.92 Å². The Bertz CT molecular complexity index is 897. The summed E-state index contributed by atoms with van der Waals surface area (Å²) in [7, 11) is 0. The van der Waals surface area contributed by atoms with E-state index in [4.69, 9.17) is 21.1 Å². The Hall–Kier alpha value is -2.73. The third kappa shape index (κ3) is 5.25. The molecule has 2 rings (SSSR count). The minimum absolute atomic E-state index is 0.0115. The van der Waals surface area contributed by atoms with E-state index in [1.807, 2.05) is 0 Å². The van der Waals surface area contributed by atoms with Gasteiger partial charge < -0.3 is 9.47 Å². The molecule has 0 aliphatic carbocycles. The van der Waals surface area contributed by atoms with Crippen LogP contribution in [0.1, 0.15) is 31.9 Å². The summed E-state index contributed by atoms with van der Waals surface area (Å²) in [6.45, 7) is 4.83. The number of carbonyl (C=O) groups excluding carboxylic acids is 3. The quantitative estimate of drug-likeness (QED) is 0.435.